The summed E-state index contributed by atoms with van der Waals surface area (Å²) in [4.78, 5) is 14.9. The second kappa shape index (κ2) is 7.74. The minimum atomic E-state index is -0.412. The van der Waals surface area contributed by atoms with Crippen LogP contribution >= 0.6 is 15.9 Å². The van der Waals surface area contributed by atoms with Gasteiger partial charge in [0.15, 0.2) is 0 Å². The average molecular weight is 366 g/mol. The lowest BCUT2D eigenvalue weighted by Gasteiger charge is -2.11. The molecule has 0 saturated heterocycles. The van der Waals surface area contributed by atoms with Gasteiger partial charge in [-0.2, -0.15) is 0 Å². The molecule has 1 aromatic heterocycles. The van der Waals surface area contributed by atoms with Crippen molar-refractivity contribution >= 4 is 27.3 Å². The molecular formula is C15H16BrN3O3. The molecule has 1 aromatic carbocycles. The number of ether oxygens (including phenoxy) is 1. The van der Waals surface area contributed by atoms with Gasteiger partial charge in [-0.3, -0.25) is 10.1 Å². The Balaban J connectivity index is 2.15. The van der Waals surface area contributed by atoms with Gasteiger partial charge in [0.1, 0.15) is 5.69 Å². The number of pyridine rings is 1. The van der Waals surface area contributed by atoms with E-state index < -0.39 is 4.92 Å². The number of nitro benzene ring substituents is 1. The summed E-state index contributed by atoms with van der Waals surface area (Å²) >= 11 is 3.24. The summed E-state index contributed by atoms with van der Waals surface area (Å²) in [5, 5.41) is 14.2. The Morgan fingerprint density at radius 3 is 2.95 bits per heavy atom. The van der Waals surface area contributed by atoms with Gasteiger partial charge in [-0.1, -0.05) is 28.9 Å². The van der Waals surface area contributed by atoms with E-state index in [2.05, 4.69) is 26.2 Å². The molecule has 0 aliphatic carbocycles. The van der Waals surface area contributed by atoms with E-state index >= 15 is 0 Å². The van der Waals surface area contributed by atoms with Crippen molar-refractivity contribution in [2.75, 3.05) is 11.9 Å². The predicted octanol–water partition coefficient (Wildman–Crippen LogP) is 4.15. The van der Waals surface area contributed by atoms with Gasteiger partial charge in [-0.05, 0) is 24.6 Å². The first-order valence-electron chi connectivity index (χ1n) is 6.86. The fraction of sp³-hybridized carbons (Fsp3) is 0.267. The Kier molecular flexibility index (Phi) is 5.71. The molecule has 2 aromatic rings. The maximum Gasteiger partial charge on any atom is 0.293 e. The monoisotopic (exact) mass is 365 g/mol. The summed E-state index contributed by atoms with van der Waals surface area (Å²) in [6.45, 7) is 3.00. The van der Waals surface area contributed by atoms with Crippen LogP contribution in [0.25, 0.3) is 0 Å². The van der Waals surface area contributed by atoms with Gasteiger partial charge in [-0.25, -0.2) is 4.98 Å². The molecule has 7 heteroatoms. The van der Waals surface area contributed by atoms with E-state index in [1.807, 2.05) is 19.1 Å². The third-order valence-electron chi connectivity index (χ3n) is 2.92. The number of nitro groups is 1. The normalized spacial score (nSPS) is 10.3. The van der Waals surface area contributed by atoms with Gasteiger partial charge >= 0.3 is 0 Å². The van der Waals surface area contributed by atoms with Crippen LogP contribution < -0.4 is 10.1 Å². The first kappa shape index (κ1) is 16.2. The van der Waals surface area contributed by atoms with Crippen LogP contribution in [-0.4, -0.2) is 16.5 Å². The second-order valence-corrected chi connectivity index (χ2v) is 5.50. The number of rotatable bonds is 7. The highest BCUT2D eigenvalue weighted by Gasteiger charge is 2.14. The smallest absolute Gasteiger partial charge is 0.293 e. The van der Waals surface area contributed by atoms with E-state index in [1.54, 1.807) is 18.3 Å². The Morgan fingerprint density at radius 2 is 2.23 bits per heavy atom. The Morgan fingerprint density at radius 1 is 1.41 bits per heavy atom. The van der Waals surface area contributed by atoms with Crippen LogP contribution in [0.4, 0.5) is 11.4 Å². The topological polar surface area (TPSA) is 77.3 Å². The lowest BCUT2D eigenvalue weighted by atomic mass is 10.2. The molecule has 0 radical (unpaired) electrons. The second-order valence-electron chi connectivity index (χ2n) is 4.59. The van der Waals surface area contributed by atoms with Crippen LogP contribution in [0.15, 0.2) is 41.0 Å². The van der Waals surface area contributed by atoms with Gasteiger partial charge in [0.2, 0.25) is 5.88 Å². The Hall–Kier alpha value is -2.15. The number of hydrogen-bond acceptors (Lipinski definition) is 5. The molecule has 22 heavy (non-hydrogen) atoms. The summed E-state index contributed by atoms with van der Waals surface area (Å²) < 4.78 is 6.24. The molecule has 1 N–H and O–H groups in total. The molecule has 0 fully saturated rings. The fourth-order valence-electron chi connectivity index (χ4n) is 1.88. The maximum atomic E-state index is 11.1. The summed E-state index contributed by atoms with van der Waals surface area (Å²) in [6, 6.07) is 8.60. The molecule has 0 bridgehead atoms. The van der Waals surface area contributed by atoms with Gasteiger partial charge in [-0.15, -0.1) is 0 Å². The lowest BCUT2D eigenvalue weighted by Crippen LogP contribution is -2.06. The highest BCUT2D eigenvalue weighted by atomic mass is 79.9. The van der Waals surface area contributed by atoms with E-state index in [4.69, 9.17) is 4.74 Å². The molecular weight excluding hydrogens is 350 g/mol. The maximum absolute atomic E-state index is 11.1. The summed E-state index contributed by atoms with van der Waals surface area (Å²) in [5.41, 5.74) is 1.33. The third kappa shape index (κ3) is 4.17. The molecule has 0 spiro atoms. The first-order chi connectivity index (χ1) is 10.6. The van der Waals surface area contributed by atoms with Crippen LogP contribution in [0.1, 0.15) is 18.9 Å². The average Bonchev–Trinajstić information content (AvgIpc) is 2.52. The van der Waals surface area contributed by atoms with Crippen LogP contribution in [0, 0.1) is 10.1 Å². The summed E-state index contributed by atoms with van der Waals surface area (Å²) in [7, 11) is 0. The standard InChI is InChI=1S/C15H16BrN3O3/c1-2-8-22-15-11(4-3-7-17-15)10-18-13-6-5-12(16)9-14(13)19(20)21/h3-7,9,18H,2,8,10H2,1H3. The number of nitrogens with one attached hydrogen (secondary N) is 1. The molecule has 0 aliphatic rings. The molecule has 116 valence electrons. The summed E-state index contributed by atoms with van der Waals surface area (Å²) in [6.07, 6.45) is 2.55. The Labute approximate surface area is 136 Å². The third-order valence-corrected chi connectivity index (χ3v) is 3.41. The molecule has 0 saturated carbocycles. The fourth-order valence-corrected chi connectivity index (χ4v) is 2.23. The number of halogens is 1. The molecule has 0 amide bonds. The van der Waals surface area contributed by atoms with Crippen molar-refractivity contribution in [2.45, 2.75) is 19.9 Å². The molecule has 2 rings (SSSR count). The van der Waals surface area contributed by atoms with Crippen molar-refractivity contribution in [3.05, 3.63) is 56.7 Å². The van der Waals surface area contributed by atoms with Crippen LogP contribution in [-0.2, 0) is 6.54 Å². The minimum absolute atomic E-state index is 0.0225. The minimum Gasteiger partial charge on any atom is -0.477 e. The van der Waals surface area contributed by atoms with Crippen LogP contribution in [0.2, 0.25) is 0 Å². The number of benzene rings is 1. The van der Waals surface area contributed by atoms with Crippen LogP contribution in [0.3, 0.4) is 0 Å². The highest BCUT2D eigenvalue weighted by molar-refractivity contribution is 9.10. The number of hydrogen-bond donors (Lipinski definition) is 1. The zero-order valence-electron chi connectivity index (χ0n) is 12.1. The zero-order chi connectivity index (χ0) is 15.9. The number of nitrogens with zero attached hydrogens (tertiary/aromatic N) is 2. The lowest BCUT2D eigenvalue weighted by molar-refractivity contribution is -0.384. The predicted molar refractivity (Wildman–Crippen MR) is 88.1 cm³/mol. The first-order valence-corrected chi connectivity index (χ1v) is 7.65. The van der Waals surface area contributed by atoms with Crippen molar-refractivity contribution in [1.29, 1.82) is 0 Å². The van der Waals surface area contributed by atoms with Crippen molar-refractivity contribution in [3.63, 3.8) is 0 Å². The van der Waals surface area contributed by atoms with E-state index in [0.29, 0.717) is 29.2 Å². The number of anilines is 1. The van der Waals surface area contributed by atoms with Crippen molar-refractivity contribution in [1.82, 2.24) is 4.98 Å². The molecule has 1 heterocycles. The summed E-state index contributed by atoms with van der Waals surface area (Å²) in [5.74, 6) is 0.552. The zero-order valence-corrected chi connectivity index (χ0v) is 13.7. The van der Waals surface area contributed by atoms with Gasteiger partial charge in [0.05, 0.1) is 11.5 Å². The Bertz CT molecular complexity index is 664. The van der Waals surface area contributed by atoms with E-state index in [0.717, 1.165) is 12.0 Å². The van der Waals surface area contributed by atoms with Gasteiger partial charge in [0, 0.05) is 28.8 Å². The molecule has 0 atom stereocenters. The molecule has 0 unspecified atom stereocenters. The van der Waals surface area contributed by atoms with Gasteiger partial charge < -0.3 is 10.1 Å². The number of aromatic nitrogens is 1. The highest BCUT2D eigenvalue weighted by Crippen LogP contribution is 2.29. The largest absolute Gasteiger partial charge is 0.477 e. The van der Waals surface area contributed by atoms with E-state index in [1.165, 1.54) is 6.07 Å². The molecule has 6 nitrogen and oxygen atoms in total. The van der Waals surface area contributed by atoms with E-state index in [9.17, 15) is 10.1 Å². The van der Waals surface area contributed by atoms with Crippen LogP contribution in [0.5, 0.6) is 5.88 Å². The quantitative estimate of drug-likeness (QED) is 0.588. The van der Waals surface area contributed by atoms with Crippen molar-refractivity contribution in [2.24, 2.45) is 0 Å². The van der Waals surface area contributed by atoms with Gasteiger partial charge in [0.25, 0.3) is 5.69 Å². The SMILES string of the molecule is CCCOc1ncccc1CNc1ccc(Br)cc1[N+](=O)[O-]. The van der Waals surface area contributed by atoms with E-state index in [-0.39, 0.29) is 5.69 Å². The van der Waals surface area contributed by atoms with Crippen molar-refractivity contribution in [3.8, 4) is 5.88 Å². The molecule has 0 aliphatic heterocycles. The van der Waals surface area contributed by atoms with Crippen molar-refractivity contribution < 1.29 is 9.66 Å².